The Balaban J connectivity index is 1.70. The number of rotatable bonds is 3. The molecule has 4 rings (SSSR count). The maximum absolute atomic E-state index is 6.35. The molecule has 0 radical (unpaired) electrons. The fourth-order valence-electron chi connectivity index (χ4n) is 3.08. The van der Waals surface area contributed by atoms with Crippen LogP contribution >= 0.6 is 23.2 Å². The smallest absolute Gasteiger partial charge is 0.149 e. The fourth-order valence-corrected chi connectivity index (χ4v) is 3.45. The molecule has 0 saturated carbocycles. The van der Waals surface area contributed by atoms with Gasteiger partial charge in [-0.25, -0.2) is 4.98 Å². The van der Waals surface area contributed by atoms with Crippen molar-refractivity contribution in [2.24, 2.45) is 0 Å². The number of aromatic nitrogens is 1. The van der Waals surface area contributed by atoms with Crippen molar-refractivity contribution in [1.29, 1.82) is 0 Å². The summed E-state index contributed by atoms with van der Waals surface area (Å²) in [6.45, 7) is 2.44. The summed E-state index contributed by atoms with van der Waals surface area (Å²) < 4.78 is 0. The molecule has 1 aliphatic heterocycles. The fraction of sp³-hybridized carbons (Fsp3) is 0.150. The van der Waals surface area contributed by atoms with Gasteiger partial charge in [-0.1, -0.05) is 53.5 Å². The van der Waals surface area contributed by atoms with E-state index < -0.39 is 0 Å². The highest BCUT2D eigenvalue weighted by molar-refractivity contribution is 6.33. The van der Waals surface area contributed by atoms with Gasteiger partial charge in [0.05, 0.1) is 5.69 Å². The zero-order chi connectivity index (χ0) is 17.2. The third-order valence-corrected chi connectivity index (χ3v) is 4.96. The van der Waals surface area contributed by atoms with Crippen LogP contribution in [0.25, 0.3) is 11.1 Å². The second kappa shape index (κ2) is 6.95. The van der Waals surface area contributed by atoms with Gasteiger partial charge >= 0.3 is 0 Å². The summed E-state index contributed by atoms with van der Waals surface area (Å²) in [6.07, 6.45) is 1.91. The minimum Gasteiger partial charge on any atom is -0.367 e. The van der Waals surface area contributed by atoms with Crippen molar-refractivity contribution in [3.63, 3.8) is 0 Å². The van der Waals surface area contributed by atoms with Crippen LogP contribution in [0.2, 0.25) is 10.0 Å². The van der Waals surface area contributed by atoms with Gasteiger partial charge in [0.25, 0.3) is 0 Å². The Morgan fingerprint density at radius 1 is 1.00 bits per heavy atom. The molecule has 0 unspecified atom stereocenters. The lowest BCUT2D eigenvalue weighted by Crippen LogP contribution is -2.34. The molecular weight excluding hydrogens is 353 g/mol. The number of pyridine rings is 1. The highest BCUT2D eigenvalue weighted by atomic mass is 35.5. The van der Waals surface area contributed by atoms with E-state index in [1.807, 2.05) is 42.6 Å². The van der Waals surface area contributed by atoms with Gasteiger partial charge in [-0.05, 0) is 35.4 Å². The number of anilines is 2. The number of benzene rings is 2. The van der Waals surface area contributed by atoms with Gasteiger partial charge in [0.15, 0.2) is 0 Å². The quantitative estimate of drug-likeness (QED) is 0.661. The molecule has 0 aliphatic carbocycles. The number of halogens is 2. The SMILES string of the molecule is Clc1ccc(Cl)c(CN2CCNc3ncc(-c4ccccc4)cc32)c1. The minimum atomic E-state index is 0.700. The van der Waals surface area contributed by atoms with Gasteiger partial charge in [0.1, 0.15) is 5.82 Å². The number of hydrogen-bond donors (Lipinski definition) is 1. The highest BCUT2D eigenvalue weighted by Gasteiger charge is 2.19. The van der Waals surface area contributed by atoms with Crippen molar-refractivity contribution in [3.8, 4) is 11.1 Å². The maximum Gasteiger partial charge on any atom is 0.149 e. The Labute approximate surface area is 157 Å². The molecule has 0 bridgehead atoms. The molecule has 2 aromatic carbocycles. The summed E-state index contributed by atoms with van der Waals surface area (Å²) in [5.41, 5.74) is 4.37. The van der Waals surface area contributed by atoms with E-state index in [2.05, 4.69) is 33.4 Å². The molecule has 2 heterocycles. The van der Waals surface area contributed by atoms with E-state index in [0.717, 1.165) is 46.3 Å². The number of nitrogens with one attached hydrogen (secondary N) is 1. The molecule has 5 heteroatoms. The monoisotopic (exact) mass is 369 g/mol. The van der Waals surface area contributed by atoms with Crippen LogP contribution < -0.4 is 10.2 Å². The van der Waals surface area contributed by atoms with E-state index in [-0.39, 0.29) is 0 Å². The Kier molecular flexibility index (Phi) is 4.51. The van der Waals surface area contributed by atoms with Crippen LogP contribution in [0, 0.1) is 0 Å². The molecule has 126 valence electrons. The van der Waals surface area contributed by atoms with Crippen LogP contribution in [0.1, 0.15) is 5.56 Å². The van der Waals surface area contributed by atoms with E-state index in [0.29, 0.717) is 11.6 Å². The predicted octanol–water partition coefficient (Wildman–Crippen LogP) is 5.49. The lowest BCUT2D eigenvalue weighted by molar-refractivity contribution is 0.781. The van der Waals surface area contributed by atoms with Crippen molar-refractivity contribution < 1.29 is 0 Å². The topological polar surface area (TPSA) is 28.2 Å². The predicted molar refractivity (Wildman–Crippen MR) is 106 cm³/mol. The molecule has 1 aliphatic rings. The van der Waals surface area contributed by atoms with E-state index in [1.165, 1.54) is 0 Å². The van der Waals surface area contributed by atoms with E-state index in [1.54, 1.807) is 0 Å². The van der Waals surface area contributed by atoms with E-state index in [9.17, 15) is 0 Å². The largest absolute Gasteiger partial charge is 0.367 e. The average Bonchev–Trinajstić information content (AvgIpc) is 2.65. The number of nitrogens with zero attached hydrogens (tertiary/aromatic N) is 2. The van der Waals surface area contributed by atoms with Crippen LogP contribution in [-0.4, -0.2) is 18.1 Å². The Hall–Kier alpha value is -2.23. The summed E-state index contributed by atoms with van der Waals surface area (Å²) in [5, 5.41) is 4.80. The zero-order valence-electron chi connectivity index (χ0n) is 13.5. The maximum atomic E-state index is 6.35. The standard InChI is InChI=1S/C20H17Cl2N3/c21-17-6-7-18(22)16(10-17)13-25-9-8-23-20-19(25)11-15(12-24-20)14-4-2-1-3-5-14/h1-7,10-12H,8-9,13H2,(H,23,24). The van der Waals surface area contributed by atoms with E-state index >= 15 is 0 Å². The van der Waals surface area contributed by atoms with Crippen molar-refractivity contribution in [3.05, 3.63) is 76.4 Å². The Bertz CT molecular complexity index is 897. The Morgan fingerprint density at radius 2 is 1.84 bits per heavy atom. The minimum absolute atomic E-state index is 0.700. The molecule has 0 fully saturated rings. The van der Waals surface area contributed by atoms with Gasteiger partial charge in [0, 0.05) is 41.4 Å². The van der Waals surface area contributed by atoms with Gasteiger partial charge in [-0.15, -0.1) is 0 Å². The second-order valence-corrected chi connectivity index (χ2v) is 6.89. The first-order valence-electron chi connectivity index (χ1n) is 8.19. The van der Waals surface area contributed by atoms with Gasteiger partial charge in [-0.2, -0.15) is 0 Å². The molecule has 3 nitrogen and oxygen atoms in total. The van der Waals surface area contributed by atoms with Gasteiger partial charge < -0.3 is 10.2 Å². The lowest BCUT2D eigenvalue weighted by Gasteiger charge is -2.32. The summed E-state index contributed by atoms with van der Waals surface area (Å²) in [4.78, 5) is 6.91. The third kappa shape index (κ3) is 3.44. The molecule has 25 heavy (non-hydrogen) atoms. The molecule has 1 aromatic heterocycles. The van der Waals surface area contributed by atoms with Crippen molar-refractivity contribution in [1.82, 2.24) is 4.98 Å². The number of hydrogen-bond acceptors (Lipinski definition) is 3. The molecule has 0 amide bonds. The van der Waals surface area contributed by atoms with Gasteiger partial charge in [-0.3, -0.25) is 0 Å². The second-order valence-electron chi connectivity index (χ2n) is 6.04. The normalized spacial score (nSPS) is 13.3. The highest BCUT2D eigenvalue weighted by Crippen LogP contribution is 2.33. The first-order chi connectivity index (χ1) is 12.2. The summed E-state index contributed by atoms with van der Waals surface area (Å²) >= 11 is 12.5. The number of fused-ring (bicyclic) bond motifs is 1. The van der Waals surface area contributed by atoms with Crippen LogP contribution in [-0.2, 0) is 6.54 Å². The summed E-state index contributed by atoms with van der Waals surface area (Å²) in [5.74, 6) is 0.907. The molecule has 0 atom stereocenters. The lowest BCUT2D eigenvalue weighted by atomic mass is 10.1. The molecule has 3 aromatic rings. The zero-order valence-corrected chi connectivity index (χ0v) is 15.1. The molecule has 0 spiro atoms. The van der Waals surface area contributed by atoms with Crippen LogP contribution in [0.15, 0.2) is 60.8 Å². The van der Waals surface area contributed by atoms with Crippen molar-refractivity contribution in [2.75, 3.05) is 23.3 Å². The summed E-state index contributed by atoms with van der Waals surface area (Å²) in [6, 6.07) is 18.1. The Morgan fingerprint density at radius 3 is 2.68 bits per heavy atom. The summed E-state index contributed by atoms with van der Waals surface area (Å²) in [7, 11) is 0. The van der Waals surface area contributed by atoms with Crippen molar-refractivity contribution in [2.45, 2.75) is 6.54 Å². The van der Waals surface area contributed by atoms with Gasteiger partial charge in [0.2, 0.25) is 0 Å². The molecular formula is C20H17Cl2N3. The van der Waals surface area contributed by atoms with Crippen molar-refractivity contribution >= 4 is 34.7 Å². The van der Waals surface area contributed by atoms with Crippen LogP contribution in [0.5, 0.6) is 0 Å². The van der Waals surface area contributed by atoms with E-state index in [4.69, 9.17) is 23.2 Å². The van der Waals surface area contributed by atoms with Crippen LogP contribution in [0.3, 0.4) is 0 Å². The van der Waals surface area contributed by atoms with Crippen LogP contribution in [0.4, 0.5) is 11.5 Å². The first kappa shape index (κ1) is 16.2. The average molecular weight is 370 g/mol. The molecule has 0 saturated heterocycles. The third-order valence-electron chi connectivity index (χ3n) is 4.36. The first-order valence-corrected chi connectivity index (χ1v) is 8.94. The molecule has 1 N–H and O–H groups in total.